The Morgan fingerprint density at radius 2 is 1.49 bits per heavy atom. The van der Waals surface area contributed by atoms with Crippen molar-refractivity contribution >= 4 is 49.8 Å². The summed E-state index contributed by atoms with van der Waals surface area (Å²) in [6.07, 6.45) is -0.0953. The van der Waals surface area contributed by atoms with Crippen molar-refractivity contribution < 1.29 is 22.5 Å². The lowest BCUT2D eigenvalue weighted by atomic mass is 9.85. The average Bonchev–Trinajstić information content (AvgIpc) is 3.65. The van der Waals surface area contributed by atoms with E-state index < -0.39 is 48.9 Å². The lowest BCUT2D eigenvalue weighted by molar-refractivity contribution is -0.387. The summed E-state index contributed by atoms with van der Waals surface area (Å²) in [5, 5.41) is 15.6. The number of rotatable bonds is 8. The predicted octanol–water partition coefficient (Wildman–Crippen LogP) is 9.12. The molecule has 0 spiro atoms. The summed E-state index contributed by atoms with van der Waals surface area (Å²) in [7, 11) is -4.63. The summed E-state index contributed by atoms with van der Waals surface area (Å²) in [6, 6.07) is 36.3. The van der Waals surface area contributed by atoms with E-state index in [2.05, 4.69) is 5.32 Å². The van der Waals surface area contributed by atoms with Crippen LogP contribution in [0.3, 0.4) is 0 Å². The second kappa shape index (κ2) is 12.6. The number of nitro groups is 1. The lowest BCUT2D eigenvalue weighted by Crippen LogP contribution is -2.41. The number of nitro benzene ring substituents is 1. The Bertz CT molecular complexity index is 2320. The number of carbonyl (C=O) groups is 1. The molecule has 8 nitrogen and oxygen atoms in total. The highest BCUT2D eigenvalue weighted by Crippen LogP contribution is 2.56. The highest BCUT2D eigenvalue weighted by Gasteiger charge is 2.55. The fraction of sp³-hybridized carbons (Fsp3) is 0.132. The molecule has 0 saturated heterocycles. The Morgan fingerprint density at radius 3 is 2.16 bits per heavy atom. The summed E-state index contributed by atoms with van der Waals surface area (Å²) in [5.41, 5.74) is -0.468. The van der Waals surface area contributed by atoms with Gasteiger partial charge in [-0.15, -0.1) is 0 Å². The van der Waals surface area contributed by atoms with Crippen molar-refractivity contribution in [3.63, 3.8) is 0 Å². The number of hydrogen-bond donors (Lipinski definition) is 1. The third-order valence-corrected chi connectivity index (χ3v) is 11.2. The van der Waals surface area contributed by atoms with Crippen molar-refractivity contribution in [3.8, 4) is 11.3 Å². The van der Waals surface area contributed by atoms with E-state index in [1.807, 2.05) is 6.07 Å². The number of para-hydroxylation sites is 2. The van der Waals surface area contributed by atoms with Crippen molar-refractivity contribution in [1.82, 2.24) is 3.97 Å². The van der Waals surface area contributed by atoms with Gasteiger partial charge in [0, 0.05) is 28.1 Å². The maximum absolute atomic E-state index is 17.7. The first-order valence-electron chi connectivity index (χ1n) is 15.6. The minimum Gasteiger partial charge on any atom is -0.323 e. The van der Waals surface area contributed by atoms with Gasteiger partial charge in [-0.1, -0.05) is 103 Å². The molecule has 1 aliphatic rings. The second-order valence-corrected chi connectivity index (χ2v) is 14.3. The van der Waals surface area contributed by atoms with E-state index >= 15 is 4.39 Å². The van der Waals surface area contributed by atoms with Crippen LogP contribution in [0.5, 0.6) is 0 Å². The predicted molar refractivity (Wildman–Crippen MR) is 188 cm³/mol. The summed E-state index contributed by atoms with van der Waals surface area (Å²) in [4.78, 5) is 24.8. The first-order chi connectivity index (χ1) is 23.6. The van der Waals surface area contributed by atoms with Gasteiger partial charge in [0.2, 0.25) is 0 Å². The van der Waals surface area contributed by atoms with Crippen LogP contribution in [0.1, 0.15) is 35.8 Å². The topological polar surface area (TPSA) is 111 Å². The number of fused-ring (bicyclic) bond motifs is 1. The zero-order valence-corrected chi connectivity index (χ0v) is 27.4. The molecule has 11 heteroatoms. The molecule has 3 atom stereocenters. The molecule has 246 valence electrons. The molecular formula is C38H29ClFN3O5S. The number of benzene rings is 5. The average molecular weight is 694 g/mol. The molecule has 1 fully saturated rings. The fourth-order valence-corrected chi connectivity index (χ4v) is 8.97. The zero-order chi connectivity index (χ0) is 34.3. The normalized spacial score (nSPS) is 19.1. The van der Waals surface area contributed by atoms with Crippen molar-refractivity contribution in [2.75, 3.05) is 5.32 Å². The standard InChI is InChI=1S/C38H29ClFN3O5S/c39-28-20-21-32-30(23-28)35(36(26-14-6-2-7-15-26)42(32)49(47,48)34-19-11-10-18-33(34)43(45)46)27-22-31(25-12-4-1-5-13-25)38(40,24-27)37(44)41-29-16-8-3-9-17-29/h1-21,23,27,31H,22,24H2,(H,41,44)/t27-,31+,38-/m1/s1. The number of nitrogens with one attached hydrogen (secondary N) is 1. The van der Waals surface area contributed by atoms with E-state index in [-0.39, 0.29) is 24.1 Å². The van der Waals surface area contributed by atoms with Crippen molar-refractivity contribution in [1.29, 1.82) is 0 Å². The van der Waals surface area contributed by atoms with Crippen LogP contribution in [0, 0.1) is 10.1 Å². The van der Waals surface area contributed by atoms with Crippen LogP contribution >= 0.6 is 11.6 Å². The highest BCUT2D eigenvalue weighted by molar-refractivity contribution is 7.90. The maximum atomic E-state index is 17.7. The molecule has 0 bridgehead atoms. The molecule has 1 aromatic heterocycles. The third-order valence-electron chi connectivity index (χ3n) is 9.19. The number of carbonyl (C=O) groups excluding carboxylic acids is 1. The quantitative estimate of drug-likeness (QED) is 0.126. The molecular weight excluding hydrogens is 665 g/mol. The van der Waals surface area contributed by atoms with Crippen LogP contribution in [-0.4, -0.2) is 28.9 Å². The number of halogens is 2. The van der Waals surface area contributed by atoms with Gasteiger partial charge >= 0.3 is 0 Å². The van der Waals surface area contributed by atoms with E-state index in [1.54, 1.807) is 103 Å². The minimum absolute atomic E-state index is 0.166. The van der Waals surface area contributed by atoms with Gasteiger partial charge in [0.05, 0.1) is 16.1 Å². The van der Waals surface area contributed by atoms with Gasteiger partial charge in [0.25, 0.3) is 21.6 Å². The molecule has 1 aliphatic carbocycles. The molecule has 0 aliphatic heterocycles. The maximum Gasteiger partial charge on any atom is 0.289 e. The third kappa shape index (κ3) is 5.66. The fourth-order valence-electron chi connectivity index (χ4n) is 7.08. The van der Waals surface area contributed by atoms with E-state index in [0.29, 0.717) is 32.8 Å². The Kier molecular flexibility index (Phi) is 8.30. The van der Waals surface area contributed by atoms with Crippen molar-refractivity contribution in [3.05, 3.63) is 160 Å². The number of anilines is 1. The molecule has 7 rings (SSSR count). The van der Waals surface area contributed by atoms with E-state index in [4.69, 9.17) is 11.6 Å². The van der Waals surface area contributed by atoms with Crippen LogP contribution in [0.15, 0.2) is 138 Å². The highest BCUT2D eigenvalue weighted by atomic mass is 35.5. The Labute approximate surface area is 287 Å². The zero-order valence-electron chi connectivity index (χ0n) is 25.9. The summed E-state index contributed by atoms with van der Waals surface area (Å²) < 4.78 is 48.2. The van der Waals surface area contributed by atoms with E-state index in [9.17, 15) is 23.3 Å². The lowest BCUT2D eigenvalue weighted by Gasteiger charge is -2.26. The molecule has 1 heterocycles. The Morgan fingerprint density at radius 1 is 0.878 bits per heavy atom. The first-order valence-corrected chi connectivity index (χ1v) is 17.4. The van der Waals surface area contributed by atoms with Gasteiger partial charge in [0.15, 0.2) is 10.6 Å². The first kappa shape index (κ1) is 32.2. The van der Waals surface area contributed by atoms with Gasteiger partial charge in [-0.25, -0.2) is 16.8 Å². The summed E-state index contributed by atoms with van der Waals surface area (Å²) >= 11 is 6.54. The molecule has 0 radical (unpaired) electrons. The number of hydrogen-bond acceptors (Lipinski definition) is 5. The molecule has 6 aromatic rings. The number of aromatic nitrogens is 1. The largest absolute Gasteiger partial charge is 0.323 e. The summed E-state index contributed by atoms with van der Waals surface area (Å²) in [5.74, 6) is -2.35. The Hall–Kier alpha value is -5.32. The van der Waals surface area contributed by atoms with Gasteiger partial charge in [-0.2, -0.15) is 0 Å². The van der Waals surface area contributed by atoms with Crippen LogP contribution in [-0.2, 0) is 14.8 Å². The van der Waals surface area contributed by atoms with Gasteiger partial charge in [-0.05, 0) is 71.8 Å². The summed E-state index contributed by atoms with van der Waals surface area (Å²) in [6.45, 7) is 0. The van der Waals surface area contributed by atoms with Gasteiger partial charge in [0.1, 0.15) is 0 Å². The molecule has 1 saturated carbocycles. The molecule has 0 unspecified atom stereocenters. The smallest absolute Gasteiger partial charge is 0.289 e. The number of nitrogens with zero attached hydrogens (tertiary/aromatic N) is 2. The molecule has 1 amide bonds. The molecule has 49 heavy (non-hydrogen) atoms. The Balaban J connectivity index is 1.48. The minimum atomic E-state index is -4.63. The van der Waals surface area contributed by atoms with E-state index in [0.717, 1.165) is 10.0 Å². The van der Waals surface area contributed by atoms with Crippen LogP contribution in [0.25, 0.3) is 22.2 Å². The second-order valence-electron chi connectivity index (χ2n) is 12.1. The van der Waals surface area contributed by atoms with Crippen molar-refractivity contribution in [2.45, 2.75) is 35.2 Å². The number of amides is 1. The van der Waals surface area contributed by atoms with Crippen LogP contribution in [0.2, 0.25) is 5.02 Å². The van der Waals surface area contributed by atoms with Gasteiger partial charge in [-0.3, -0.25) is 14.9 Å². The van der Waals surface area contributed by atoms with Gasteiger partial charge < -0.3 is 5.32 Å². The number of alkyl halides is 1. The molecule has 1 N–H and O–H groups in total. The SMILES string of the molecule is O=C(Nc1ccccc1)[C@@]1(F)C[C@H](c2c(-c3ccccc3)n(S(=O)(=O)c3ccccc3[N+](=O)[O-])c3ccc(Cl)cc23)C[C@H]1c1ccccc1. The van der Waals surface area contributed by atoms with E-state index in [1.165, 1.54) is 18.2 Å². The monoisotopic (exact) mass is 693 g/mol. The van der Waals surface area contributed by atoms with Crippen LogP contribution < -0.4 is 5.32 Å². The van der Waals surface area contributed by atoms with Crippen LogP contribution in [0.4, 0.5) is 15.8 Å². The van der Waals surface area contributed by atoms with Crippen molar-refractivity contribution in [2.24, 2.45) is 0 Å². The molecule has 5 aromatic carbocycles.